The molecule has 0 bridgehead atoms. The Morgan fingerprint density at radius 1 is 1.60 bits per heavy atom. The van der Waals surface area contributed by atoms with E-state index in [1.807, 2.05) is 11.2 Å². The second-order valence-electron chi connectivity index (χ2n) is 4.15. The first-order chi connectivity index (χ1) is 7.20. The molecule has 1 saturated carbocycles. The highest BCUT2D eigenvalue weighted by Gasteiger charge is 2.33. The first kappa shape index (κ1) is 12.8. The zero-order chi connectivity index (χ0) is 11.3. The average molecular weight is 230 g/mol. The molecule has 0 aromatic rings. The zero-order valence-electron chi connectivity index (χ0n) is 9.74. The van der Waals surface area contributed by atoms with Gasteiger partial charge in [0.05, 0.1) is 6.04 Å². The molecular formula is C11H22N2OS. The van der Waals surface area contributed by atoms with Gasteiger partial charge in [0.2, 0.25) is 5.91 Å². The summed E-state index contributed by atoms with van der Waals surface area (Å²) < 4.78 is 0. The molecule has 2 N–H and O–H groups in total. The summed E-state index contributed by atoms with van der Waals surface area (Å²) in [5.41, 5.74) is 5.90. The molecule has 1 rings (SSSR count). The maximum atomic E-state index is 12.0. The topological polar surface area (TPSA) is 46.3 Å². The molecule has 3 nitrogen and oxygen atoms in total. The van der Waals surface area contributed by atoms with E-state index < -0.39 is 0 Å². The highest BCUT2D eigenvalue weighted by Crippen LogP contribution is 2.27. The van der Waals surface area contributed by atoms with Gasteiger partial charge in [0, 0.05) is 12.6 Å². The Bertz CT molecular complexity index is 207. The van der Waals surface area contributed by atoms with Gasteiger partial charge in [0.25, 0.3) is 0 Å². The van der Waals surface area contributed by atoms with E-state index in [4.69, 9.17) is 5.73 Å². The van der Waals surface area contributed by atoms with Crippen molar-refractivity contribution in [2.24, 2.45) is 5.73 Å². The second kappa shape index (κ2) is 6.38. The quantitative estimate of drug-likeness (QED) is 0.720. The summed E-state index contributed by atoms with van der Waals surface area (Å²) in [6.45, 7) is 2.98. The van der Waals surface area contributed by atoms with E-state index in [2.05, 4.69) is 6.92 Å². The number of amides is 1. The van der Waals surface area contributed by atoms with Gasteiger partial charge in [-0.15, -0.1) is 0 Å². The van der Waals surface area contributed by atoms with E-state index >= 15 is 0 Å². The summed E-state index contributed by atoms with van der Waals surface area (Å²) in [6.07, 6.45) is 6.20. The van der Waals surface area contributed by atoms with Crippen molar-refractivity contribution in [1.82, 2.24) is 4.90 Å². The molecule has 0 spiro atoms. The summed E-state index contributed by atoms with van der Waals surface area (Å²) in [7, 11) is 0. The maximum absolute atomic E-state index is 12.0. The van der Waals surface area contributed by atoms with Crippen LogP contribution in [0.5, 0.6) is 0 Å². The number of nitrogens with zero attached hydrogens (tertiary/aromatic N) is 1. The van der Waals surface area contributed by atoms with E-state index in [1.54, 1.807) is 11.8 Å². The Kier molecular flexibility index (Phi) is 5.47. The first-order valence-corrected chi connectivity index (χ1v) is 7.15. The maximum Gasteiger partial charge on any atom is 0.239 e. The molecule has 1 amide bonds. The van der Waals surface area contributed by atoms with Crippen molar-refractivity contribution in [1.29, 1.82) is 0 Å². The van der Waals surface area contributed by atoms with Crippen LogP contribution in [0.4, 0.5) is 0 Å². The van der Waals surface area contributed by atoms with Crippen LogP contribution < -0.4 is 5.73 Å². The lowest BCUT2D eigenvalue weighted by atomic mass is 10.2. The summed E-state index contributed by atoms with van der Waals surface area (Å²) in [6, 6.07) is 0.211. The van der Waals surface area contributed by atoms with Crippen LogP contribution in [0.25, 0.3) is 0 Å². The Labute approximate surface area is 96.8 Å². The minimum Gasteiger partial charge on any atom is -0.338 e. The Morgan fingerprint density at radius 3 is 2.73 bits per heavy atom. The third-order valence-corrected chi connectivity index (χ3v) is 3.33. The smallest absolute Gasteiger partial charge is 0.239 e. The van der Waals surface area contributed by atoms with Crippen LogP contribution >= 0.6 is 11.8 Å². The SMILES string of the molecule is CCCN(C(=O)[C@H](N)CCSC)C1CC1. The summed E-state index contributed by atoms with van der Waals surface area (Å²) in [5, 5.41) is 0. The molecule has 4 heteroatoms. The number of thioether (sulfide) groups is 1. The van der Waals surface area contributed by atoms with Crippen molar-refractivity contribution in [2.75, 3.05) is 18.6 Å². The van der Waals surface area contributed by atoms with Crippen molar-refractivity contribution >= 4 is 17.7 Å². The molecule has 1 atom stereocenters. The van der Waals surface area contributed by atoms with Crippen LogP contribution in [-0.4, -0.2) is 41.4 Å². The molecule has 1 fully saturated rings. The molecule has 0 radical (unpaired) electrons. The van der Waals surface area contributed by atoms with Gasteiger partial charge in [-0.05, 0) is 37.7 Å². The normalized spacial score (nSPS) is 17.5. The van der Waals surface area contributed by atoms with Crippen molar-refractivity contribution in [2.45, 2.75) is 44.7 Å². The average Bonchev–Trinajstić information content (AvgIpc) is 3.05. The Morgan fingerprint density at radius 2 is 2.27 bits per heavy atom. The number of rotatable bonds is 7. The Balaban J connectivity index is 2.39. The lowest BCUT2D eigenvalue weighted by Gasteiger charge is -2.25. The largest absolute Gasteiger partial charge is 0.338 e. The van der Waals surface area contributed by atoms with Gasteiger partial charge in [-0.25, -0.2) is 0 Å². The van der Waals surface area contributed by atoms with Gasteiger partial charge in [-0.2, -0.15) is 11.8 Å². The van der Waals surface area contributed by atoms with Crippen molar-refractivity contribution < 1.29 is 4.79 Å². The molecule has 0 heterocycles. The van der Waals surface area contributed by atoms with E-state index in [-0.39, 0.29) is 11.9 Å². The highest BCUT2D eigenvalue weighted by atomic mass is 32.2. The fourth-order valence-corrected chi connectivity index (χ4v) is 2.17. The van der Waals surface area contributed by atoms with E-state index in [0.717, 1.165) is 25.1 Å². The van der Waals surface area contributed by atoms with Crippen LogP contribution in [-0.2, 0) is 4.79 Å². The fraction of sp³-hybridized carbons (Fsp3) is 0.909. The van der Waals surface area contributed by atoms with Gasteiger partial charge in [0.15, 0.2) is 0 Å². The molecular weight excluding hydrogens is 208 g/mol. The lowest BCUT2D eigenvalue weighted by Crippen LogP contribution is -2.45. The van der Waals surface area contributed by atoms with Crippen LogP contribution in [0.2, 0.25) is 0 Å². The summed E-state index contributed by atoms with van der Waals surface area (Å²) in [5.74, 6) is 1.13. The third kappa shape index (κ3) is 4.03. The molecule has 0 unspecified atom stereocenters. The predicted octanol–water partition coefficient (Wildman–Crippen LogP) is 1.47. The zero-order valence-corrected chi connectivity index (χ0v) is 10.6. The van der Waals surface area contributed by atoms with Gasteiger partial charge < -0.3 is 10.6 Å². The van der Waals surface area contributed by atoms with Crippen LogP contribution in [0.15, 0.2) is 0 Å². The second-order valence-corrected chi connectivity index (χ2v) is 5.14. The van der Waals surface area contributed by atoms with Gasteiger partial charge in [-0.1, -0.05) is 6.92 Å². The summed E-state index contributed by atoms with van der Waals surface area (Å²) in [4.78, 5) is 14.0. The number of carbonyl (C=O) groups excluding carboxylic acids is 1. The van der Waals surface area contributed by atoms with Crippen LogP contribution in [0, 0.1) is 0 Å². The minimum absolute atomic E-state index is 0.161. The first-order valence-electron chi connectivity index (χ1n) is 5.75. The van der Waals surface area contributed by atoms with E-state index in [1.165, 1.54) is 12.8 Å². The molecule has 0 aliphatic heterocycles. The Hall–Kier alpha value is -0.220. The predicted molar refractivity (Wildman–Crippen MR) is 66.0 cm³/mol. The third-order valence-electron chi connectivity index (χ3n) is 2.69. The monoisotopic (exact) mass is 230 g/mol. The number of hydrogen-bond donors (Lipinski definition) is 1. The molecule has 1 aliphatic rings. The standard InChI is InChI=1S/C11H22N2OS/c1-3-7-13(9-4-5-9)11(14)10(12)6-8-15-2/h9-10H,3-8,12H2,1-2H3/t10-/m1/s1. The highest BCUT2D eigenvalue weighted by molar-refractivity contribution is 7.98. The van der Waals surface area contributed by atoms with Crippen molar-refractivity contribution in [3.63, 3.8) is 0 Å². The molecule has 88 valence electrons. The molecule has 1 aliphatic carbocycles. The number of carbonyl (C=O) groups is 1. The van der Waals surface area contributed by atoms with E-state index in [0.29, 0.717) is 6.04 Å². The van der Waals surface area contributed by atoms with Gasteiger partial charge in [-0.3, -0.25) is 4.79 Å². The molecule has 15 heavy (non-hydrogen) atoms. The number of hydrogen-bond acceptors (Lipinski definition) is 3. The number of nitrogens with two attached hydrogens (primary N) is 1. The minimum atomic E-state index is -0.287. The van der Waals surface area contributed by atoms with Crippen LogP contribution in [0.1, 0.15) is 32.6 Å². The van der Waals surface area contributed by atoms with Crippen molar-refractivity contribution in [3.8, 4) is 0 Å². The lowest BCUT2D eigenvalue weighted by molar-refractivity contribution is -0.133. The van der Waals surface area contributed by atoms with E-state index in [9.17, 15) is 4.79 Å². The van der Waals surface area contributed by atoms with Crippen molar-refractivity contribution in [3.05, 3.63) is 0 Å². The van der Waals surface area contributed by atoms with Gasteiger partial charge >= 0.3 is 0 Å². The molecule has 0 aromatic heterocycles. The van der Waals surface area contributed by atoms with Gasteiger partial charge in [0.1, 0.15) is 0 Å². The molecule has 0 aromatic carbocycles. The fourth-order valence-electron chi connectivity index (χ4n) is 1.68. The summed E-state index contributed by atoms with van der Waals surface area (Å²) >= 11 is 1.75. The van der Waals surface area contributed by atoms with Crippen LogP contribution in [0.3, 0.4) is 0 Å². The molecule has 0 saturated heterocycles.